The topological polar surface area (TPSA) is 38.1 Å². The fourth-order valence-corrected chi connectivity index (χ4v) is 2.91. The Bertz CT molecular complexity index is 513. The third-order valence-corrected chi connectivity index (χ3v) is 4.10. The third-order valence-electron chi connectivity index (χ3n) is 4.10. The quantitative estimate of drug-likeness (QED) is 0.851. The Kier molecular flexibility index (Phi) is 4.33. The fraction of sp³-hybridized carbons (Fsp3) is 0.750. The van der Waals surface area contributed by atoms with Crippen molar-refractivity contribution in [1.29, 1.82) is 0 Å². The van der Waals surface area contributed by atoms with Crippen molar-refractivity contribution in [3.63, 3.8) is 0 Å². The molecule has 0 amide bonds. The van der Waals surface area contributed by atoms with Crippen LogP contribution in [0.15, 0.2) is 16.9 Å². The van der Waals surface area contributed by atoms with Gasteiger partial charge in [0.15, 0.2) is 0 Å². The van der Waals surface area contributed by atoms with E-state index in [0.29, 0.717) is 18.6 Å². The van der Waals surface area contributed by atoms with Crippen LogP contribution in [0.2, 0.25) is 0 Å². The second kappa shape index (κ2) is 5.68. The summed E-state index contributed by atoms with van der Waals surface area (Å²) in [5.41, 5.74) is 0.961. The van der Waals surface area contributed by atoms with Crippen molar-refractivity contribution in [2.45, 2.75) is 71.5 Å². The molecule has 4 heteroatoms. The summed E-state index contributed by atoms with van der Waals surface area (Å²) in [5.74, 6) is 0. The smallest absolute Gasteiger partial charge is 0.266 e. The van der Waals surface area contributed by atoms with E-state index in [1.165, 1.54) is 6.42 Å². The first-order valence-electron chi connectivity index (χ1n) is 7.63. The van der Waals surface area contributed by atoms with Gasteiger partial charge in [0.25, 0.3) is 5.56 Å². The van der Waals surface area contributed by atoms with Gasteiger partial charge in [-0.25, -0.2) is 4.68 Å². The van der Waals surface area contributed by atoms with E-state index < -0.39 is 0 Å². The molecular weight excluding hydrogens is 250 g/mol. The van der Waals surface area contributed by atoms with E-state index in [9.17, 15) is 4.79 Å². The van der Waals surface area contributed by atoms with Crippen LogP contribution in [0.4, 0.5) is 0 Å². The molecule has 0 spiro atoms. The molecule has 4 nitrogen and oxygen atoms in total. The second-order valence-corrected chi connectivity index (χ2v) is 7.12. The summed E-state index contributed by atoms with van der Waals surface area (Å²) in [6, 6.07) is 4.48. The molecule has 0 aromatic carbocycles. The summed E-state index contributed by atoms with van der Waals surface area (Å²) in [6.07, 6.45) is 2.38. The van der Waals surface area contributed by atoms with Crippen molar-refractivity contribution < 1.29 is 0 Å². The molecule has 1 aliphatic heterocycles. The minimum atomic E-state index is -0.0249. The number of nitrogens with zero attached hydrogens (tertiary/aromatic N) is 3. The first kappa shape index (κ1) is 15.2. The zero-order chi connectivity index (χ0) is 14.9. The van der Waals surface area contributed by atoms with E-state index in [2.05, 4.69) is 44.6 Å². The maximum Gasteiger partial charge on any atom is 0.266 e. The lowest BCUT2D eigenvalue weighted by Gasteiger charge is -2.28. The predicted molar refractivity (Wildman–Crippen MR) is 82.1 cm³/mol. The van der Waals surface area contributed by atoms with Crippen LogP contribution >= 0.6 is 0 Å². The maximum atomic E-state index is 12.0. The summed E-state index contributed by atoms with van der Waals surface area (Å²) in [4.78, 5) is 14.5. The van der Waals surface area contributed by atoms with Gasteiger partial charge in [-0.1, -0.05) is 20.8 Å². The molecule has 2 rings (SSSR count). The molecule has 1 unspecified atom stereocenters. The number of hydrogen-bond donors (Lipinski definition) is 0. The number of likely N-dealkylation sites (tertiary alicyclic amines) is 1. The highest BCUT2D eigenvalue weighted by Gasteiger charge is 2.27. The molecule has 1 aliphatic rings. The van der Waals surface area contributed by atoms with Crippen molar-refractivity contribution in [1.82, 2.24) is 14.7 Å². The van der Waals surface area contributed by atoms with Gasteiger partial charge in [-0.3, -0.25) is 9.69 Å². The molecule has 1 saturated heterocycles. The lowest BCUT2D eigenvalue weighted by Crippen LogP contribution is -2.41. The summed E-state index contributed by atoms with van der Waals surface area (Å²) in [7, 11) is 0. The van der Waals surface area contributed by atoms with Crippen molar-refractivity contribution in [3.8, 4) is 0 Å². The molecule has 0 bridgehead atoms. The molecule has 112 valence electrons. The van der Waals surface area contributed by atoms with Crippen LogP contribution in [0, 0.1) is 0 Å². The van der Waals surface area contributed by atoms with Gasteiger partial charge in [0.05, 0.1) is 12.2 Å². The van der Waals surface area contributed by atoms with Crippen molar-refractivity contribution >= 4 is 0 Å². The molecule has 1 atom stereocenters. The molecule has 0 saturated carbocycles. The number of hydrogen-bond acceptors (Lipinski definition) is 3. The highest BCUT2D eigenvalue weighted by Crippen LogP contribution is 2.22. The summed E-state index contributed by atoms with van der Waals surface area (Å²) < 4.78 is 1.66. The van der Waals surface area contributed by atoms with Gasteiger partial charge in [-0.2, -0.15) is 5.10 Å². The van der Waals surface area contributed by atoms with Crippen molar-refractivity contribution in [2.75, 3.05) is 6.54 Å². The van der Waals surface area contributed by atoms with Crippen molar-refractivity contribution in [2.24, 2.45) is 0 Å². The van der Waals surface area contributed by atoms with E-state index >= 15 is 0 Å². The molecule has 1 aromatic heterocycles. The van der Waals surface area contributed by atoms with Gasteiger partial charge >= 0.3 is 0 Å². The van der Waals surface area contributed by atoms with Crippen LogP contribution in [-0.4, -0.2) is 33.3 Å². The molecular formula is C16H27N3O. The minimum Gasteiger partial charge on any atom is -0.296 e. The average Bonchev–Trinajstić information content (AvgIpc) is 2.78. The largest absolute Gasteiger partial charge is 0.296 e. The normalized spacial score (nSPS) is 20.8. The molecule has 0 aliphatic carbocycles. The van der Waals surface area contributed by atoms with Crippen LogP contribution in [-0.2, 0) is 12.0 Å². The lowest BCUT2D eigenvalue weighted by atomic mass is 9.92. The zero-order valence-electron chi connectivity index (χ0n) is 13.4. The average molecular weight is 277 g/mol. The van der Waals surface area contributed by atoms with Crippen LogP contribution in [0.1, 0.15) is 53.2 Å². The van der Waals surface area contributed by atoms with Gasteiger partial charge in [0, 0.05) is 23.6 Å². The first-order chi connectivity index (χ1) is 9.29. The predicted octanol–water partition coefficient (Wildman–Crippen LogP) is 2.41. The van der Waals surface area contributed by atoms with Gasteiger partial charge < -0.3 is 0 Å². The van der Waals surface area contributed by atoms with Gasteiger partial charge in [-0.15, -0.1) is 0 Å². The Morgan fingerprint density at radius 2 is 2.05 bits per heavy atom. The monoisotopic (exact) mass is 277 g/mol. The highest BCUT2D eigenvalue weighted by atomic mass is 16.1. The molecule has 2 heterocycles. The van der Waals surface area contributed by atoms with E-state index in [4.69, 9.17) is 0 Å². The maximum absolute atomic E-state index is 12.0. The second-order valence-electron chi connectivity index (χ2n) is 7.12. The molecule has 20 heavy (non-hydrogen) atoms. The van der Waals surface area contributed by atoms with Crippen LogP contribution in [0.3, 0.4) is 0 Å². The number of rotatable bonds is 3. The fourth-order valence-electron chi connectivity index (χ4n) is 2.91. The number of aromatic nitrogens is 2. The minimum absolute atomic E-state index is 0.00797. The summed E-state index contributed by atoms with van der Waals surface area (Å²) in [5, 5.41) is 4.58. The van der Waals surface area contributed by atoms with Crippen LogP contribution in [0.5, 0.6) is 0 Å². The van der Waals surface area contributed by atoms with Crippen LogP contribution in [0.25, 0.3) is 0 Å². The molecule has 1 aromatic rings. The summed E-state index contributed by atoms with van der Waals surface area (Å²) in [6.45, 7) is 12.7. The summed E-state index contributed by atoms with van der Waals surface area (Å²) >= 11 is 0. The Morgan fingerprint density at radius 3 is 2.65 bits per heavy atom. The Hall–Kier alpha value is -1.16. The van der Waals surface area contributed by atoms with E-state index in [1.807, 2.05) is 6.07 Å². The van der Waals surface area contributed by atoms with Gasteiger partial charge in [0.2, 0.25) is 0 Å². The van der Waals surface area contributed by atoms with Gasteiger partial charge in [-0.05, 0) is 39.3 Å². The molecule has 0 N–H and O–H groups in total. The zero-order valence-corrected chi connectivity index (χ0v) is 13.4. The molecule has 1 fully saturated rings. The Balaban J connectivity index is 2.23. The Morgan fingerprint density at radius 1 is 1.35 bits per heavy atom. The highest BCUT2D eigenvalue weighted by molar-refractivity contribution is 5.10. The van der Waals surface area contributed by atoms with E-state index in [1.54, 1.807) is 10.7 Å². The van der Waals surface area contributed by atoms with Crippen LogP contribution < -0.4 is 5.56 Å². The first-order valence-corrected chi connectivity index (χ1v) is 7.63. The lowest BCUT2D eigenvalue weighted by molar-refractivity contribution is 0.181. The Labute approximate surface area is 121 Å². The molecule has 0 radical (unpaired) electrons. The standard InChI is InChI=1S/C16H27N3O/c1-12(2)18-10-6-7-13(18)11-19-15(20)9-8-14(17-19)16(3,4)5/h8-9,12-13H,6-7,10-11H2,1-5H3. The van der Waals surface area contributed by atoms with Gasteiger partial charge in [0.1, 0.15) is 0 Å². The van der Waals surface area contributed by atoms with E-state index in [-0.39, 0.29) is 11.0 Å². The SMILES string of the molecule is CC(C)N1CCCC1Cn1nc(C(C)(C)C)ccc1=O. The van der Waals surface area contributed by atoms with E-state index in [0.717, 1.165) is 18.7 Å². The third kappa shape index (κ3) is 3.29. The van der Waals surface area contributed by atoms with Crippen molar-refractivity contribution in [3.05, 3.63) is 28.2 Å².